The fourth-order valence-corrected chi connectivity index (χ4v) is 1.86. The first-order valence-corrected chi connectivity index (χ1v) is 5.89. The van der Waals surface area contributed by atoms with Gasteiger partial charge in [-0.1, -0.05) is 24.1 Å². The van der Waals surface area contributed by atoms with Gasteiger partial charge in [-0.3, -0.25) is 9.59 Å². The predicted octanol–water partition coefficient (Wildman–Crippen LogP) is 1.02. The smallest absolute Gasteiger partial charge is 0.275 e. The number of hydrogen-bond donors (Lipinski definition) is 1. The van der Waals surface area contributed by atoms with E-state index in [1.807, 2.05) is 6.92 Å². The minimum Gasteiger partial charge on any atom is -0.326 e. The van der Waals surface area contributed by atoms with Gasteiger partial charge in [-0.05, 0) is 13.0 Å². The molecule has 96 valence electrons. The summed E-state index contributed by atoms with van der Waals surface area (Å²) in [6.07, 6.45) is 5.24. The van der Waals surface area contributed by atoms with Gasteiger partial charge in [-0.2, -0.15) is 5.10 Å². The minimum atomic E-state index is -0.313. The van der Waals surface area contributed by atoms with Gasteiger partial charge in [0.2, 0.25) is 0 Å². The third-order valence-corrected chi connectivity index (χ3v) is 2.85. The van der Waals surface area contributed by atoms with Crippen LogP contribution in [0.1, 0.15) is 17.4 Å². The zero-order chi connectivity index (χ0) is 13.8. The predicted molar refractivity (Wildman–Crippen MR) is 72.8 cm³/mol. The zero-order valence-electron chi connectivity index (χ0n) is 10.5. The van der Waals surface area contributed by atoms with Crippen LogP contribution in [0.25, 0.3) is 10.8 Å². The Morgan fingerprint density at radius 1 is 1.42 bits per heavy atom. The Labute approximate surface area is 110 Å². The van der Waals surface area contributed by atoms with Crippen LogP contribution in [-0.4, -0.2) is 34.1 Å². The maximum absolute atomic E-state index is 12.3. The first-order valence-electron chi connectivity index (χ1n) is 5.89. The number of terminal acetylenes is 1. The number of amides is 1. The van der Waals surface area contributed by atoms with Crippen LogP contribution in [0.3, 0.4) is 0 Å². The number of H-pyrrole nitrogens is 1. The van der Waals surface area contributed by atoms with E-state index in [1.54, 1.807) is 24.3 Å². The number of carbonyl (C=O) groups is 1. The Morgan fingerprint density at radius 3 is 2.74 bits per heavy atom. The van der Waals surface area contributed by atoms with Crippen molar-refractivity contribution in [3.05, 3.63) is 40.3 Å². The second kappa shape index (κ2) is 5.36. The molecule has 2 rings (SSSR count). The molecule has 0 aliphatic rings. The van der Waals surface area contributed by atoms with Gasteiger partial charge in [0, 0.05) is 11.9 Å². The maximum atomic E-state index is 12.3. The first-order chi connectivity index (χ1) is 9.19. The molecule has 0 aliphatic heterocycles. The minimum absolute atomic E-state index is 0.213. The van der Waals surface area contributed by atoms with E-state index in [0.717, 1.165) is 0 Å². The average molecular weight is 255 g/mol. The van der Waals surface area contributed by atoms with E-state index in [4.69, 9.17) is 6.42 Å². The van der Waals surface area contributed by atoms with E-state index in [9.17, 15) is 9.59 Å². The highest BCUT2D eigenvalue weighted by Crippen LogP contribution is 2.14. The molecule has 0 spiro atoms. The first kappa shape index (κ1) is 12.8. The van der Waals surface area contributed by atoms with Crippen LogP contribution >= 0.6 is 0 Å². The summed E-state index contributed by atoms with van der Waals surface area (Å²) in [5, 5.41) is 7.18. The summed E-state index contributed by atoms with van der Waals surface area (Å²) < 4.78 is 0. The molecular formula is C14H13N3O2. The molecule has 5 heteroatoms. The van der Waals surface area contributed by atoms with Gasteiger partial charge in [0.1, 0.15) is 0 Å². The summed E-state index contributed by atoms with van der Waals surface area (Å²) in [5.41, 5.74) is -0.0977. The largest absolute Gasteiger partial charge is 0.326 e. The molecule has 19 heavy (non-hydrogen) atoms. The normalized spacial score (nSPS) is 10.1. The van der Waals surface area contributed by atoms with Crippen molar-refractivity contribution in [2.75, 3.05) is 13.1 Å². The van der Waals surface area contributed by atoms with Crippen molar-refractivity contribution < 1.29 is 4.79 Å². The fraction of sp³-hybridized carbons (Fsp3) is 0.214. The van der Waals surface area contributed by atoms with Crippen molar-refractivity contribution in [3.8, 4) is 12.3 Å². The van der Waals surface area contributed by atoms with Crippen LogP contribution in [0.15, 0.2) is 29.1 Å². The summed E-state index contributed by atoms with van der Waals surface area (Å²) in [7, 11) is 0. The van der Waals surface area contributed by atoms with E-state index < -0.39 is 0 Å². The number of hydrogen-bond acceptors (Lipinski definition) is 3. The van der Waals surface area contributed by atoms with Gasteiger partial charge in [0.05, 0.1) is 11.9 Å². The number of nitrogens with zero attached hydrogens (tertiary/aromatic N) is 2. The molecule has 1 aromatic heterocycles. The van der Waals surface area contributed by atoms with E-state index in [-0.39, 0.29) is 23.7 Å². The molecule has 0 saturated heterocycles. The van der Waals surface area contributed by atoms with E-state index in [2.05, 4.69) is 16.1 Å². The van der Waals surface area contributed by atoms with Gasteiger partial charge in [0.15, 0.2) is 5.69 Å². The molecule has 0 bridgehead atoms. The lowest BCUT2D eigenvalue weighted by Crippen LogP contribution is -2.32. The van der Waals surface area contributed by atoms with Crippen LogP contribution in [0.5, 0.6) is 0 Å². The lowest BCUT2D eigenvalue weighted by Gasteiger charge is -2.17. The Balaban J connectivity index is 2.58. The topological polar surface area (TPSA) is 66.1 Å². The zero-order valence-corrected chi connectivity index (χ0v) is 10.5. The molecule has 1 N–H and O–H groups in total. The fourth-order valence-electron chi connectivity index (χ4n) is 1.86. The second-order valence-corrected chi connectivity index (χ2v) is 3.97. The molecule has 1 amide bonds. The van der Waals surface area contributed by atoms with Gasteiger partial charge in [-0.25, -0.2) is 5.10 Å². The van der Waals surface area contributed by atoms with Crippen LogP contribution < -0.4 is 5.56 Å². The number of benzene rings is 1. The summed E-state index contributed by atoms with van der Waals surface area (Å²) in [6, 6.07) is 6.86. The van der Waals surface area contributed by atoms with Crippen molar-refractivity contribution in [3.63, 3.8) is 0 Å². The molecule has 2 aromatic rings. The van der Waals surface area contributed by atoms with Gasteiger partial charge >= 0.3 is 0 Å². The highest BCUT2D eigenvalue weighted by molar-refractivity contribution is 6.04. The highest BCUT2D eigenvalue weighted by Gasteiger charge is 2.18. The highest BCUT2D eigenvalue weighted by atomic mass is 16.2. The molecule has 0 saturated carbocycles. The number of rotatable bonds is 3. The number of aromatic nitrogens is 2. The van der Waals surface area contributed by atoms with E-state index in [1.165, 1.54) is 4.90 Å². The summed E-state index contributed by atoms with van der Waals surface area (Å²) in [6.45, 7) is 2.53. The van der Waals surface area contributed by atoms with Crippen LogP contribution in [0.2, 0.25) is 0 Å². The Hall–Kier alpha value is -2.61. The van der Waals surface area contributed by atoms with Gasteiger partial charge < -0.3 is 4.90 Å². The van der Waals surface area contributed by atoms with Crippen molar-refractivity contribution in [1.82, 2.24) is 15.1 Å². The SMILES string of the molecule is C#CCN(CC)C(=O)c1n[nH]c(=O)c2ccccc12. The third kappa shape index (κ3) is 2.33. The lowest BCUT2D eigenvalue weighted by atomic mass is 10.1. The maximum Gasteiger partial charge on any atom is 0.275 e. The molecule has 0 atom stereocenters. The van der Waals surface area contributed by atoms with Crippen LogP contribution in [-0.2, 0) is 0 Å². The van der Waals surface area contributed by atoms with Crippen LogP contribution in [0, 0.1) is 12.3 Å². The van der Waals surface area contributed by atoms with Crippen molar-refractivity contribution in [2.45, 2.75) is 6.92 Å². The number of aromatic amines is 1. The van der Waals surface area contributed by atoms with E-state index in [0.29, 0.717) is 17.3 Å². The Morgan fingerprint density at radius 2 is 2.11 bits per heavy atom. The van der Waals surface area contributed by atoms with Gasteiger partial charge in [0.25, 0.3) is 11.5 Å². The average Bonchev–Trinajstić information content (AvgIpc) is 2.45. The summed E-state index contributed by atoms with van der Waals surface area (Å²) >= 11 is 0. The van der Waals surface area contributed by atoms with Crippen LogP contribution in [0.4, 0.5) is 0 Å². The molecule has 1 heterocycles. The molecular weight excluding hydrogens is 242 g/mol. The molecule has 0 aliphatic carbocycles. The number of carbonyl (C=O) groups excluding carboxylic acids is 1. The molecule has 0 fully saturated rings. The molecule has 5 nitrogen and oxygen atoms in total. The van der Waals surface area contributed by atoms with Crippen molar-refractivity contribution >= 4 is 16.7 Å². The second-order valence-electron chi connectivity index (χ2n) is 3.97. The van der Waals surface area contributed by atoms with E-state index >= 15 is 0 Å². The third-order valence-electron chi connectivity index (χ3n) is 2.85. The van der Waals surface area contributed by atoms with Crippen molar-refractivity contribution in [1.29, 1.82) is 0 Å². The Bertz CT molecular complexity index is 712. The Kier molecular flexibility index (Phi) is 3.62. The van der Waals surface area contributed by atoms with Crippen molar-refractivity contribution in [2.24, 2.45) is 0 Å². The summed E-state index contributed by atoms with van der Waals surface area (Å²) in [4.78, 5) is 25.5. The molecule has 0 radical (unpaired) electrons. The molecule has 1 aromatic carbocycles. The standard InChI is InChI=1S/C14H13N3O2/c1-3-9-17(4-2)14(19)12-10-7-5-6-8-11(10)13(18)16-15-12/h1,5-8H,4,9H2,2H3,(H,16,18). The quantitative estimate of drug-likeness (QED) is 0.833. The monoisotopic (exact) mass is 255 g/mol. The van der Waals surface area contributed by atoms with Gasteiger partial charge in [-0.15, -0.1) is 6.42 Å². The lowest BCUT2D eigenvalue weighted by molar-refractivity contribution is 0.0780. The summed E-state index contributed by atoms with van der Waals surface area (Å²) in [5.74, 6) is 2.15. The molecule has 0 unspecified atom stereocenters. The number of nitrogens with one attached hydrogen (secondary N) is 1. The number of fused-ring (bicyclic) bond motifs is 1.